The molecular formula is C37H23N3. The number of para-hydroxylation sites is 2. The zero-order valence-electron chi connectivity index (χ0n) is 21.6. The molecule has 0 spiro atoms. The Kier molecular flexibility index (Phi) is 5.14. The van der Waals surface area contributed by atoms with Crippen LogP contribution in [0.5, 0.6) is 0 Å². The summed E-state index contributed by atoms with van der Waals surface area (Å²) in [6, 6.07) is 44.5. The Bertz CT molecular complexity index is 2160. The molecule has 8 rings (SSSR count). The minimum atomic E-state index is 0.881. The number of rotatable bonds is 3. The SMILES string of the molecule is c1cncc(-c2c3ccccc3c(-c3nc4ccccc4nc3-c3ccc4ccccc4c3)c3ccccc23)c1. The fourth-order valence-corrected chi connectivity index (χ4v) is 5.92. The zero-order chi connectivity index (χ0) is 26.5. The fraction of sp³-hybridized carbons (Fsp3) is 0. The van der Waals surface area contributed by atoms with Gasteiger partial charge in [-0.2, -0.15) is 0 Å². The first-order chi connectivity index (χ1) is 19.8. The lowest BCUT2D eigenvalue weighted by Gasteiger charge is -2.19. The van der Waals surface area contributed by atoms with Gasteiger partial charge in [0.25, 0.3) is 0 Å². The largest absolute Gasteiger partial charge is 0.264 e. The van der Waals surface area contributed by atoms with Crippen LogP contribution >= 0.6 is 0 Å². The topological polar surface area (TPSA) is 38.7 Å². The van der Waals surface area contributed by atoms with Gasteiger partial charge in [-0.1, -0.05) is 103 Å². The highest BCUT2D eigenvalue weighted by molar-refractivity contribution is 6.22. The Hall–Kier alpha value is -5.41. The van der Waals surface area contributed by atoms with E-state index in [4.69, 9.17) is 9.97 Å². The minimum absolute atomic E-state index is 0.881. The van der Waals surface area contributed by atoms with Crippen LogP contribution in [0.15, 0.2) is 140 Å². The predicted molar refractivity (Wildman–Crippen MR) is 166 cm³/mol. The van der Waals surface area contributed by atoms with Crippen molar-refractivity contribution >= 4 is 43.4 Å². The van der Waals surface area contributed by atoms with Crippen molar-refractivity contribution in [3.63, 3.8) is 0 Å². The van der Waals surface area contributed by atoms with Gasteiger partial charge in [0.15, 0.2) is 0 Å². The molecule has 0 saturated carbocycles. The second kappa shape index (κ2) is 9.11. The Morgan fingerprint density at radius 1 is 0.400 bits per heavy atom. The smallest absolute Gasteiger partial charge is 0.0985 e. The number of fused-ring (bicyclic) bond motifs is 4. The van der Waals surface area contributed by atoms with Gasteiger partial charge in [0, 0.05) is 29.1 Å². The van der Waals surface area contributed by atoms with Crippen LogP contribution in [0.1, 0.15) is 0 Å². The van der Waals surface area contributed by atoms with Crippen LogP contribution in [0, 0.1) is 0 Å². The molecule has 0 aliphatic heterocycles. The Labute approximate surface area is 231 Å². The second-order valence-corrected chi connectivity index (χ2v) is 10.1. The maximum Gasteiger partial charge on any atom is 0.0985 e. The summed E-state index contributed by atoms with van der Waals surface area (Å²) in [7, 11) is 0. The first-order valence-electron chi connectivity index (χ1n) is 13.5. The van der Waals surface area contributed by atoms with E-state index in [1.54, 1.807) is 0 Å². The zero-order valence-corrected chi connectivity index (χ0v) is 21.6. The lowest BCUT2D eigenvalue weighted by atomic mass is 9.86. The maximum absolute atomic E-state index is 5.33. The minimum Gasteiger partial charge on any atom is -0.264 e. The van der Waals surface area contributed by atoms with Crippen molar-refractivity contribution in [1.29, 1.82) is 0 Å². The molecule has 0 bridgehead atoms. The van der Waals surface area contributed by atoms with Crippen LogP contribution in [-0.2, 0) is 0 Å². The Balaban J connectivity index is 1.53. The van der Waals surface area contributed by atoms with Gasteiger partial charge in [-0.15, -0.1) is 0 Å². The molecule has 0 aliphatic rings. The lowest BCUT2D eigenvalue weighted by molar-refractivity contribution is 1.30. The third-order valence-electron chi connectivity index (χ3n) is 7.71. The summed E-state index contributed by atoms with van der Waals surface area (Å²) in [4.78, 5) is 15.0. The first-order valence-corrected chi connectivity index (χ1v) is 13.5. The molecule has 3 heteroatoms. The van der Waals surface area contributed by atoms with Crippen molar-refractivity contribution in [1.82, 2.24) is 15.0 Å². The van der Waals surface area contributed by atoms with Gasteiger partial charge in [-0.3, -0.25) is 4.98 Å². The molecule has 0 aliphatic carbocycles. The van der Waals surface area contributed by atoms with Gasteiger partial charge < -0.3 is 0 Å². The van der Waals surface area contributed by atoms with Crippen LogP contribution < -0.4 is 0 Å². The molecule has 6 aromatic carbocycles. The van der Waals surface area contributed by atoms with E-state index in [1.807, 2.05) is 42.7 Å². The molecule has 186 valence electrons. The summed E-state index contributed by atoms with van der Waals surface area (Å²) >= 11 is 0. The van der Waals surface area contributed by atoms with E-state index < -0.39 is 0 Å². The molecule has 3 nitrogen and oxygen atoms in total. The van der Waals surface area contributed by atoms with Crippen molar-refractivity contribution < 1.29 is 0 Å². The van der Waals surface area contributed by atoms with Crippen molar-refractivity contribution in [3.05, 3.63) is 140 Å². The first kappa shape index (κ1) is 22.6. The van der Waals surface area contributed by atoms with E-state index in [1.165, 1.54) is 27.1 Å². The molecule has 8 aromatic rings. The van der Waals surface area contributed by atoms with Crippen molar-refractivity contribution in [2.24, 2.45) is 0 Å². The van der Waals surface area contributed by atoms with E-state index >= 15 is 0 Å². The molecule has 0 fully saturated rings. The number of hydrogen-bond donors (Lipinski definition) is 0. The third-order valence-corrected chi connectivity index (χ3v) is 7.71. The molecule has 40 heavy (non-hydrogen) atoms. The molecule has 2 aromatic heterocycles. The van der Waals surface area contributed by atoms with E-state index in [0.29, 0.717) is 0 Å². The molecule has 0 N–H and O–H groups in total. The number of nitrogens with zero attached hydrogens (tertiary/aromatic N) is 3. The maximum atomic E-state index is 5.33. The van der Waals surface area contributed by atoms with Crippen LogP contribution in [0.4, 0.5) is 0 Å². The Morgan fingerprint density at radius 3 is 1.62 bits per heavy atom. The summed E-state index contributed by atoms with van der Waals surface area (Å²) < 4.78 is 0. The number of aromatic nitrogens is 3. The molecule has 0 radical (unpaired) electrons. The van der Waals surface area contributed by atoms with Gasteiger partial charge >= 0.3 is 0 Å². The van der Waals surface area contributed by atoms with E-state index in [0.717, 1.165) is 49.9 Å². The highest BCUT2D eigenvalue weighted by Crippen LogP contribution is 2.45. The summed E-state index contributed by atoms with van der Waals surface area (Å²) in [5.74, 6) is 0. The molecule has 0 unspecified atom stereocenters. The van der Waals surface area contributed by atoms with Gasteiger partial charge in [-0.05, 0) is 62.1 Å². The second-order valence-electron chi connectivity index (χ2n) is 10.1. The normalized spacial score (nSPS) is 11.5. The van der Waals surface area contributed by atoms with Crippen LogP contribution in [0.2, 0.25) is 0 Å². The third kappa shape index (κ3) is 3.56. The molecule has 0 saturated heterocycles. The van der Waals surface area contributed by atoms with Gasteiger partial charge in [-0.25, -0.2) is 9.97 Å². The quantitative estimate of drug-likeness (QED) is 0.223. The van der Waals surface area contributed by atoms with E-state index in [-0.39, 0.29) is 0 Å². The van der Waals surface area contributed by atoms with Crippen molar-refractivity contribution in [3.8, 4) is 33.6 Å². The highest BCUT2D eigenvalue weighted by Gasteiger charge is 2.21. The summed E-state index contributed by atoms with van der Waals surface area (Å²) in [5, 5.41) is 7.02. The molecule has 0 atom stereocenters. The molecular weight excluding hydrogens is 486 g/mol. The standard InChI is InChI=1S/C37H23N3/c1-2-11-25-22-26(20-19-24(25)10-1)36-37(40-33-18-8-7-17-32(33)39-36)35-30-15-5-3-13-28(30)34(27-12-9-21-38-23-27)29-14-4-6-16-31(29)35/h1-23H. The van der Waals surface area contributed by atoms with Crippen LogP contribution in [-0.4, -0.2) is 15.0 Å². The van der Waals surface area contributed by atoms with Crippen molar-refractivity contribution in [2.45, 2.75) is 0 Å². The fourth-order valence-electron chi connectivity index (χ4n) is 5.92. The predicted octanol–water partition coefficient (Wildman–Crippen LogP) is 9.49. The van der Waals surface area contributed by atoms with Crippen LogP contribution in [0.3, 0.4) is 0 Å². The van der Waals surface area contributed by atoms with Crippen molar-refractivity contribution in [2.75, 3.05) is 0 Å². The molecule has 0 amide bonds. The summed E-state index contributed by atoms with van der Waals surface area (Å²) in [6.07, 6.45) is 3.77. The number of hydrogen-bond acceptors (Lipinski definition) is 3. The summed E-state index contributed by atoms with van der Waals surface area (Å²) in [6.45, 7) is 0. The van der Waals surface area contributed by atoms with E-state index in [9.17, 15) is 0 Å². The number of benzene rings is 6. The lowest BCUT2D eigenvalue weighted by Crippen LogP contribution is -1.98. The van der Waals surface area contributed by atoms with Crippen LogP contribution in [0.25, 0.3) is 77.0 Å². The summed E-state index contributed by atoms with van der Waals surface area (Å²) in [5.41, 5.74) is 7.97. The van der Waals surface area contributed by atoms with Gasteiger partial charge in [0.2, 0.25) is 0 Å². The van der Waals surface area contributed by atoms with E-state index in [2.05, 4.69) is 102 Å². The average molecular weight is 510 g/mol. The monoisotopic (exact) mass is 509 g/mol. The van der Waals surface area contributed by atoms with Gasteiger partial charge in [0.1, 0.15) is 0 Å². The average Bonchev–Trinajstić information content (AvgIpc) is 3.03. The van der Waals surface area contributed by atoms with Gasteiger partial charge in [0.05, 0.1) is 22.4 Å². The Morgan fingerprint density at radius 2 is 0.975 bits per heavy atom. The highest BCUT2D eigenvalue weighted by atomic mass is 14.8. The number of pyridine rings is 1. The molecule has 2 heterocycles.